The van der Waals surface area contributed by atoms with E-state index in [1.165, 1.54) is 44.9 Å². The van der Waals surface area contributed by atoms with Crippen LogP contribution in [0.25, 0.3) is 0 Å². The predicted octanol–water partition coefficient (Wildman–Crippen LogP) is 2.83. The van der Waals surface area contributed by atoms with Crippen LogP contribution in [0.5, 0.6) is 0 Å². The van der Waals surface area contributed by atoms with Crippen molar-refractivity contribution in [2.24, 2.45) is 0 Å². The van der Waals surface area contributed by atoms with E-state index in [0.717, 1.165) is 26.2 Å². The quantitative estimate of drug-likeness (QED) is 0.538. The van der Waals surface area contributed by atoms with Gasteiger partial charge in [-0.25, -0.2) is 4.68 Å². The predicted molar refractivity (Wildman–Crippen MR) is 71.2 cm³/mol. The van der Waals surface area contributed by atoms with E-state index in [-0.39, 0.29) is 0 Å². The monoisotopic (exact) mass is 254 g/mol. The molecule has 1 aromatic heterocycles. The van der Waals surface area contributed by atoms with Crippen molar-refractivity contribution in [2.45, 2.75) is 64.8 Å². The molecule has 0 fully saturated rings. The second-order valence-corrected chi connectivity index (χ2v) is 4.66. The summed E-state index contributed by atoms with van der Waals surface area (Å²) in [6, 6.07) is 0. The molecule has 0 bridgehead atoms. The molecule has 0 amide bonds. The molecule has 0 saturated heterocycles. The lowest BCUT2D eigenvalue weighted by Gasteiger charge is -2.04. The zero-order valence-corrected chi connectivity index (χ0v) is 11.6. The number of tetrazole rings is 1. The summed E-state index contributed by atoms with van der Waals surface area (Å²) in [6.07, 6.45) is 11.6. The molecule has 5 nitrogen and oxygen atoms in total. The SMILES string of the molecule is CCCCCCOCCCCCCn1cnnn1. The lowest BCUT2D eigenvalue weighted by atomic mass is 10.2. The summed E-state index contributed by atoms with van der Waals surface area (Å²) < 4.78 is 7.38. The van der Waals surface area contributed by atoms with Crippen molar-refractivity contribution >= 4 is 0 Å². The fourth-order valence-corrected chi connectivity index (χ4v) is 1.85. The van der Waals surface area contributed by atoms with E-state index in [0.29, 0.717) is 0 Å². The smallest absolute Gasteiger partial charge is 0.138 e. The molecule has 0 N–H and O–H groups in total. The number of aryl methyl sites for hydroxylation is 1. The van der Waals surface area contributed by atoms with Crippen LogP contribution in [0.15, 0.2) is 6.33 Å². The van der Waals surface area contributed by atoms with Gasteiger partial charge in [-0.2, -0.15) is 0 Å². The molecular formula is C13H26N4O. The third-order valence-electron chi connectivity index (χ3n) is 2.96. The minimum atomic E-state index is 0.914. The van der Waals surface area contributed by atoms with Gasteiger partial charge in [0.25, 0.3) is 0 Å². The van der Waals surface area contributed by atoms with E-state index >= 15 is 0 Å². The molecule has 5 heteroatoms. The van der Waals surface area contributed by atoms with Gasteiger partial charge in [-0.1, -0.05) is 39.0 Å². The molecule has 0 atom stereocenters. The van der Waals surface area contributed by atoms with Crippen molar-refractivity contribution in [3.63, 3.8) is 0 Å². The van der Waals surface area contributed by atoms with Crippen molar-refractivity contribution in [1.29, 1.82) is 0 Å². The number of hydrogen-bond donors (Lipinski definition) is 0. The molecule has 1 rings (SSSR count). The van der Waals surface area contributed by atoms with Gasteiger partial charge in [-0.05, 0) is 29.7 Å². The van der Waals surface area contributed by atoms with Crippen LogP contribution in [0.1, 0.15) is 58.3 Å². The van der Waals surface area contributed by atoms with E-state index in [1.54, 1.807) is 11.0 Å². The Bertz CT molecular complexity index is 264. The average molecular weight is 254 g/mol. The highest BCUT2D eigenvalue weighted by molar-refractivity contribution is 4.49. The highest BCUT2D eigenvalue weighted by Gasteiger charge is 1.94. The number of ether oxygens (including phenoxy) is 1. The molecule has 0 spiro atoms. The van der Waals surface area contributed by atoms with Crippen molar-refractivity contribution in [2.75, 3.05) is 13.2 Å². The maximum absolute atomic E-state index is 5.60. The lowest BCUT2D eigenvalue weighted by molar-refractivity contribution is 0.125. The third kappa shape index (κ3) is 8.17. The summed E-state index contributed by atoms with van der Waals surface area (Å²) in [5.41, 5.74) is 0. The van der Waals surface area contributed by atoms with Gasteiger partial charge in [0.05, 0.1) is 0 Å². The van der Waals surface area contributed by atoms with Gasteiger partial charge < -0.3 is 4.74 Å². The van der Waals surface area contributed by atoms with Crippen LogP contribution in [-0.2, 0) is 11.3 Å². The Morgan fingerprint density at radius 3 is 2.33 bits per heavy atom. The van der Waals surface area contributed by atoms with Gasteiger partial charge in [-0.3, -0.25) is 0 Å². The largest absolute Gasteiger partial charge is 0.381 e. The highest BCUT2D eigenvalue weighted by Crippen LogP contribution is 2.03. The molecule has 1 heterocycles. The Morgan fingerprint density at radius 2 is 1.67 bits per heavy atom. The zero-order valence-electron chi connectivity index (χ0n) is 11.6. The first-order valence-corrected chi connectivity index (χ1v) is 7.22. The molecule has 0 saturated carbocycles. The molecule has 0 aliphatic rings. The Kier molecular flexibility index (Phi) is 9.34. The van der Waals surface area contributed by atoms with Crippen molar-refractivity contribution in [3.05, 3.63) is 6.33 Å². The Hall–Kier alpha value is -0.970. The number of hydrogen-bond acceptors (Lipinski definition) is 4. The summed E-state index contributed by atoms with van der Waals surface area (Å²) in [4.78, 5) is 0. The topological polar surface area (TPSA) is 52.8 Å². The molecule has 18 heavy (non-hydrogen) atoms. The van der Waals surface area contributed by atoms with Gasteiger partial charge in [-0.15, -0.1) is 5.10 Å². The van der Waals surface area contributed by atoms with Gasteiger partial charge in [0, 0.05) is 19.8 Å². The van der Waals surface area contributed by atoms with Gasteiger partial charge in [0.2, 0.25) is 0 Å². The lowest BCUT2D eigenvalue weighted by Crippen LogP contribution is -2.00. The summed E-state index contributed by atoms with van der Waals surface area (Å²) in [7, 11) is 0. The van der Waals surface area contributed by atoms with Crippen molar-refractivity contribution in [1.82, 2.24) is 20.2 Å². The van der Waals surface area contributed by atoms with Gasteiger partial charge in [0.15, 0.2) is 0 Å². The van der Waals surface area contributed by atoms with Crippen LogP contribution >= 0.6 is 0 Å². The Labute approximate surface area is 110 Å². The molecule has 0 aliphatic heterocycles. The second-order valence-electron chi connectivity index (χ2n) is 4.66. The van der Waals surface area contributed by atoms with E-state index in [1.807, 2.05) is 0 Å². The van der Waals surface area contributed by atoms with Gasteiger partial charge in [0.1, 0.15) is 6.33 Å². The summed E-state index contributed by atoms with van der Waals surface area (Å²) >= 11 is 0. The van der Waals surface area contributed by atoms with Crippen molar-refractivity contribution in [3.8, 4) is 0 Å². The van der Waals surface area contributed by atoms with Crippen molar-refractivity contribution < 1.29 is 4.74 Å². The third-order valence-corrected chi connectivity index (χ3v) is 2.96. The first-order chi connectivity index (χ1) is 8.93. The van der Waals surface area contributed by atoms with E-state index in [4.69, 9.17) is 4.74 Å². The maximum atomic E-state index is 5.60. The minimum absolute atomic E-state index is 0.914. The minimum Gasteiger partial charge on any atom is -0.381 e. The van der Waals surface area contributed by atoms with Crippen LogP contribution in [0.3, 0.4) is 0 Å². The second kappa shape index (κ2) is 11.1. The zero-order chi connectivity index (χ0) is 12.9. The highest BCUT2D eigenvalue weighted by atomic mass is 16.5. The molecule has 1 aromatic rings. The van der Waals surface area contributed by atoms with Crippen LogP contribution in [-0.4, -0.2) is 33.4 Å². The Morgan fingerprint density at radius 1 is 0.944 bits per heavy atom. The molecule has 0 unspecified atom stereocenters. The van der Waals surface area contributed by atoms with E-state index in [2.05, 4.69) is 22.4 Å². The Balaban J connectivity index is 1.73. The standard InChI is InChI=1S/C13H26N4O/c1-2-3-4-8-11-18-12-9-6-5-7-10-17-13-14-15-16-17/h13H,2-12H2,1H3. The first kappa shape index (κ1) is 15.1. The van der Waals surface area contributed by atoms with Gasteiger partial charge >= 0.3 is 0 Å². The summed E-state index contributed by atoms with van der Waals surface area (Å²) in [6.45, 7) is 5.00. The van der Waals surface area contributed by atoms with Crippen LogP contribution in [0, 0.1) is 0 Å². The number of nitrogens with zero attached hydrogens (tertiary/aromatic N) is 4. The normalized spacial score (nSPS) is 10.9. The fourth-order valence-electron chi connectivity index (χ4n) is 1.85. The summed E-state index contributed by atoms with van der Waals surface area (Å²) in [5.74, 6) is 0. The van der Waals surface area contributed by atoms with Crippen LogP contribution in [0.2, 0.25) is 0 Å². The maximum Gasteiger partial charge on any atom is 0.138 e. The number of rotatable bonds is 12. The number of aromatic nitrogens is 4. The molecule has 0 radical (unpaired) electrons. The fraction of sp³-hybridized carbons (Fsp3) is 0.923. The van der Waals surface area contributed by atoms with Crippen LogP contribution < -0.4 is 0 Å². The molecule has 0 aliphatic carbocycles. The molecule has 0 aromatic carbocycles. The molecular weight excluding hydrogens is 228 g/mol. The average Bonchev–Trinajstić information content (AvgIpc) is 2.89. The molecule has 104 valence electrons. The first-order valence-electron chi connectivity index (χ1n) is 7.22. The number of unbranched alkanes of at least 4 members (excludes halogenated alkanes) is 6. The van der Waals surface area contributed by atoms with E-state index < -0.39 is 0 Å². The summed E-state index contributed by atoms with van der Waals surface area (Å²) in [5, 5.41) is 11.0. The van der Waals surface area contributed by atoms with E-state index in [9.17, 15) is 0 Å². The van der Waals surface area contributed by atoms with Crippen LogP contribution in [0.4, 0.5) is 0 Å².